The van der Waals surface area contributed by atoms with Crippen molar-refractivity contribution in [1.29, 1.82) is 0 Å². The van der Waals surface area contributed by atoms with Crippen molar-refractivity contribution < 1.29 is 9.84 Å². The molecule has 0 fully saturated rings. The number of hydrogen-bond donors (Lipinski definition) is 2. The van der Waals surface area contributed by atoms with Gasteiger partial charge in [0.25, 0.3) is 0 Å². The van der Waals surface area contributed by atoms with Crippen LogP contribution in [0.5, 0.6) is 0 Å². The van der Waals surface area contributed by atoms with E-state index in [0.29, 0.717) is 19.8 Å². The maximum Gasteiger partial charge on any atom is 0.0898 e. The molecule has 0 saturated carbocycles. The number of hydrogen-bond acceptors (Lipinski definition) is 4. The Kier molecular flexibility index (Phi) is 6.15. The Morgan fingerprint density at radius 2 is 2.09 bits per heavy atom. The van der Waals surface area contributed by atoms with Crippen LogP contribution in [0.15, 0.2) is 41.8 Å². The number of aryl methyl sites for hydroxylation is 1. The average Bonchev–Trinajstić information content (AvgIpc) is 2.99. The monoisotopic (exact) mass is 319 g/mol. The van der Waals surface area contributed by atoms with Gasteiger partial charge in [0.2, 0.25) is 0 Å². The quantitative estimate of drug-likeness (QED) is 0.783. The highest BCUT2D eigenvalue weighted by Crippen LogP contribution is 2.20. The fourth-order valence-corrected chi connectivity index (χ4v) is 2.90. The zero-order valence-electron chi connectivity index (χ0n) is 13.5. The lowest BCUT2D eigenvalue weighted by Gasteiger charge is -2.28. The smallest absolute Gasteiger partial charge is 0.0898 e. The highest BCUT2D eigenvalue weighted by molar-refractivity contribution is 7.09. The van der Waals surface area contributed by atoms with Gasteiger partial charge in [0.05, 0.1) is 19.3 Å². The molecule has 120 valence electrons. The van der Waals surface area contributed by atoms with Crippen LogP contribution in [-0.2, 0) is 16.9 Å². The highest BCUT2D eigenvalue weighted by atomic mass is 32.1. The first-order chi connectivity index (χ1) is 10.5. The molecule has 0 radical (unpaired) electrons. The first-order valence-corrected chi connectivity index (χ1v) is 8.46. The van der Waals surface area contributed by atoms with E-state index in [1.54, 1.807) is 11.3 Å². The SMILES string of the molecule is Cc1cccc(C(C)(C)NCC(O)COCc2cccs2)c1. The topological polar surface area (TPSA) is 41.5 Å². The maximum atomic E-state index is 10.1. The first kappa shape index (κ1) is 17.2. The van der Waals surface area contributed by atoms with Gasteiger partial charge in [0.1, 0.15) is 0 Å². The van der Waals surface area contributed by atoms with E-state index in [1.165, 1.54) is 16.0 Å². The number of ether oxygens (including phenoxy) is 1. The van der Waals surface area contributed by atoms with Crippen LogP contribution < -0.4 is 5.32 Å². The normalized spacial score (nSPS) is 13.3. The zero-order chi connectivity index (χ0) is 16.0. The first-order valence-electron chi connectivity index (χ1n) is 7.58. The summed E-state index contributed by atoms with van der Waals surface area (Å²) in [5.74, 6) is 0. The van der Waals surface area contributed by atoms with E-state index in [-0.39, 0.29) is 5.54 Å². The van der Waals surface area contributed by atoms with Gasteiger partial charge in [-0.3, -0.25) is 0 Å². The summed E-state index contributed by atoms with van der Waals surface area (Å²) in [5, 5.41) is 15.5. The van der Waals surface area contributed by atoms with E-state index >= 15 is 0 Å². The Labute approximate surface area is 137 Å². The molecule has 0 aliphatic heterocycles. The second-order valence-electron chi connectivity index (χ2n) is 6.12. The van der Waals surface area contributed by atoms with Crippen LogP contribution in [0.3, 0.4) is 0 Å². The van der Waals surface area contributed by atoms with E-state index in [4.69, 9.17) is 4.74 Å². The van der Waals surface area contributed by atoms with Crippen molar-refractivity contribution in [2.24, 2.45) is 0 Å². The van der Waals surface area contributed by atoms with E-state index in [0.717, 1.165) is 0 Å². The minimum atomic E-state index is -0.510. The number of benzene rings is 1. The Hall–Kier alpha value is -1.20. The van der Waals surface area contributed by atoms with Crippen LogP contribution in [0.25, 0.3) is 0 Å². The van der Waals surface area contributed by atoms with Crippen LogP contribution in [0.4, 0.5) is 0 Å². The largest absolute Gasteiger partial charge is 0.389 e. The van der Waals surface area contributed by atoms with Crippen LogP contribution in [0, 0.1) is 6.92 Å². The molecule has 2 aromatic rings. The molecule has 1 heterocycles. The van der Waals surface area contributed by atoms with Gasteiger partial charge in [-0.15, -0.1) is 11.3 Å². The molecule has 1 aromatic heterocycles. The minimum absolute atomic E-state index is 0.180. The second kappa shape index (κ2) is 7.88. The summed E-state index contributed by atoms with van der Waals surface area (Å²) in [6.07, 6.45) is -0.510. The Balaban J connectivity index is 1.76. The zero-order valence-corrected chi connectivity index (χ0v) is 14.3. The number of aliphatic hydroxyl groups excluding tert-OH is 1. The lowest BCUT2D eigenvalue weighted by atomic mass is 9.93. The molecule has 3 nitrogen and oxygen atoms in total. The third-order valence-corrected chi connectivity index (χ3v) is 4.50. The van der Waals surface area contributed by atoms with Gasteiger partial charge in [0.15, 0.2) is 0 Å². The van der Waals surface area contributed by atoms with Gasteiger partial charge in [-0.05, 0) is 37.8 Å². The molecule has 1 unspecified atom stereocenters. The molecular weight excluding hydrogens is 294 g/mol. The van der Waals surface area contributed by atoms with Gasteiger partial charge in [0, 0.05) is 17.0 Å². The Morgan fingerprint density at radius 1 is 1.27 bits per heavy atom. The van der Waals surface area contributed by atoms with E-state index < -0.39 is 6.10 Å². The summed E-state index contributed by atoms with van der Waals surface area (Å²) >= 11 is 1.67. The Bertz CT molecular complexity index is 566. The molecular formula is C18H25NO2S. The van der Waals surface area contributed by atoms with Crippen molar-refractivity contribution >= 4 is 11.3 Å². The summed E-state index contributed by atoms with van der Waals surface area (Å²) in [7, 11) is 0. The third kappa shape index (κ3) is 5.21. The molecule has 0 aliphatic carbocycles. The molecule has 0 aliphatic rings. The van der Waals surface area contributed by atoms with Crippen molar-refractivity contribution in [3.05, 3.63) is 57.8 Å². The van der Waals surface area contributed by atoms with Crippen molar-refractivity contribution in [1.82, 2.24) is 5.32 Å². The molecule has 4 heteroatoms. The number of thiophene rings is 1. The van der Waals surface area contributed by atoms with Crippen molar-refractivity contribution in [2.75, 3.05) is 13.2 Å². The van der Waals surface area contributed by atoms with Gasteiger partial charge >= 0.3 is 0 Å². The van der Waals surface area contributed by atoms with Crippen molar-refractivity contribution in [3.8, 4) is 0 Å². The molecule has 0 amide bonds. The maximum absolute atomic E-state index is 10.1. The number of nitrogens with one attached hydrogen (secondary N) is 1. The fraction of sp³-hybridized carbons (Fsp3) is 0.444. The summed E-state index contributed by atoms with van der Waals surface area (Å²) in [6, 6.07) is 12.5. The lowest BCUT2D eigenvalue weighted by Crippen LogP contribution is -2.42. The molecule has 2 rings (SSSR count). The fourth-order valence-electron chi connectivity index (χ4n) is 2.26. The third-order valence-electron chi connectivity index (χ3n) is 3.65. The van der Waals surface area contributed by atoms with Gasteiger partial charge in [-0.1, -0.05) is 35.9 Å². The van der Waals surface area contributed by atoms with Crippen LogP contribution in [0.1, 0.15) is 29.9 Å². The summed E-state index contributed by atoms with van der Waals surface area (Å²) < 4.78 is 5.55. The summed E-state index contributed by atoms with van der Waals surface area (Å²) in [5.41, 5.74) is 2.28. The van der Waals surface area contributed by atoms with Crippen molar-refractivity contribution in [2.45, 2.75) is 39.0 Å². The molecule has 0 bridgehead atoms. The Morgan fingerprint density at radius 3 is 2.77 bits per heavy atom. The predicted octanol–water partition coefficient (Wildman–Crippen LogP) is 3.46. The minimum Gasteiger partial charge on any atom is -0.389 e. The van der Waals surface area contributed by atoms with Crippen LogP contribution in [0.2, 0.25) is 0 Å². The van der Waals surface area contributed by atoms with E-state index in [2.05, 4.69) is 50.4 Å². The van der Waals surface area contributed by atoms with Gasteiger partial charge < -0.3 is 15.2 Å². The molecule has 1 aromatic carbocycles. The second-order valence-corrected chi connectivity index (χ2v) is 7.16. The summed E-state index contributed by atoms with van der Waals surface area (Å²) in [4.78, 5) is 1.18. The molecule has 1 atom stereocenters. The lowest BCUT2D eigenvalue weighted by molar-refractivity contribution is 0.0265. The van der Waals surface area contributed by atoms with Crippen LogP contribution in [-0.4, -0.2) is 24.4 Å². The molecule has 22 heavy (non-hydrogen) atoms. The highest BCUT2D eigenvalue weighted by Gasteiger charge is 2.21. The summed E-state index contributed by atoms with van der Waals surface area (Å²) in [6.45, 7) is 7.75. The van der Waals surface area contributed by atoms with Crippen molar-refractivity contribution in [3.63, 3.8) is 0 Å². The number of aliphatic hydroxyl groups is 1. The van der Waals surface area contributed by atoms with E-state index in [9.17, 15) is 5.11 Å². The van der Waals surface area contributed by atoms with Gasteiger partial charge in [-0.25, -0.2) is 0 Å². The molecule has 0 saturated heterocycles. The van der Waals surface area contributed by atoms with Gasteiger partial charge in [-0.2, -0.15) is 0 Å². The predicted molar refractivity (Wildman–Crippen MR) is 92.2 cm³/mol. The molecule has 0 spiro atoms. The average molecular weight is 319 g/mol. The van der Waals surface area contributed by atoms with Crippen LogP contribution >= 0.6 is 11.3 Å². The standard InChI is InChI=1S/C18H25NO2S/c1-14-6-4-7-15(10-14)18(2,3)19-11-16(20)12-21-13-17-8-5-9-22-17/h4-10,16,19-20H,11-13H2,1-3H3. The molecule has 2 N–H and O–H groups in total. The van der Waals surface area contributed by atoms with E-state index in [1.807, 2.05) is 17.5 Å². The number of rotatable bonds is 8.